The molecule has 1 aromatic heterocycles. The molecule has 2 heterocycles. The van der Waals surface area contributed by atoms with Crippen LogP contribution in [0.4, 0.5) is 6.01 Å². The van der Waals surface area contributed by atoms with Gasteiger partial charge in [-0.3, -0.25) is 0 Å². The Kier molecular flexibility index (Phi) is 3.91. The topological polar surface area (TPSA) is 67.6 Å². The van der Waals surface area contributed by atoms with E-state index in [-0.39, 0.29) is 5.69 Å². The highest BCUT2D eigenvalue weighted by molar-refractivity contribution is 5.87. The van der Waals surface area contributed by atoms with Crippen LogP contribution in [0.15, 0.2) is 10.7 Å². The number of aromatic nitrogens is 1. The zero-order chi connectivity index (χ0) is 13.9. The Hall–Kier alpha value is -1.56. The third-order valence-electron chi connectivity index (χ3n) is 3.79. The van der Waals surface area contributed by atoms with Crippen LogP contribution in [0.2, 0.25) is 0 Å². The molecule has 1 N–H and O–H groups in total. The standard InChI is InChI=1S/C14H21N3O3/c1-2-19-13(18)12-9-20-14(16-12)17(11-5-6-11)8-10-4-3-7-15-10/h9-11,15H,2-8H2,1H3. The first-order chi connectivity index (χ1) is 9.78. The largest absolute Gasteiger partial charge is 0.461 e. The fourth-order valence-electron chi connectivity index (χ4n) is 2.61. The van der Waals surface area contributed by atoms with E-state index in [4.69, 9.17) is 9.15 Å². The first-order valence-corrected chi connectivity index (χ1v) is 7.40. The Morgan fingerprint density at radius 3 is 3.05 bits per heavy atom. The first-order valence-electron chi connectivity index (χ1n) is 7.40. The Morgan fingerprint density at radius 2 is 2.40 bits per heavy atom. The van der Waals surface area contributed by atoms with Crippen molar-refractivity contribution in [3.05, 3.63) is 12.0 Å². The lowest BCUT2D eigenvalue weighted by molar-refractivity contribution is 0.0519. The Morgan fingerprint density at radius 1 is 1.55 bits per heavy atom. The second kappa shape index (κ2) is 5.83. The number of carbonyl (C=O) groups is 1. The van der Waals surface area contributed by atoms with Crippen molar-refractivity contribution in [3.63, 3.8) is 0 Å². The summed E-state index contributed by atoms with van der Waals surface area (Å²) < 4.78 is 10.4. The zero-order valence-corrected chi connectivity index (χ0v) is 11.8. The number of esters is 1. The Balaban J connectivity index is 1.69. The summed E-state index contributed by atoms with van der Waals surface area (Å²) in [6, 6.07) is 1.55. The molecular formula is C14H21N3O3. The third-order valence-corrected chi connectivity index (χ3v) is 3.79. The van der Waals surface area contributed by atoms with E-state index < -0.39 is 5.97 Å². The first kappa shape index (κ1) is 13.4. The van der Waals surface area contributed by atoms with Gasteiger partial charge in [-0.25, -0.2) is 4.79 Å². The van der Waals surface area contributed by atoms with Gasteiger partial charge in [0.1, 0.15) is 6.26 Å². The summed E-state index contributed by atoms with van der Waals surface area (Å²) in [7, 11) is 0. The molecule has 20 heavy (non-hydrogen) atoms. The molecule has 6 nitrogen and oxygen atoms in total. The van der Waals surface area contributed by atoms with Crippen molar-refractivity contribution in [2.45, 2.75) is 44.7 Å². The minimum Gasteiger partial charge on any atom is -0.461 e. The number of hydrogen-bond donors (Lipinski definition) is 1. The van der Waals surface area contributed by atoms with Crippen LogP contribution in [0.25, 0.3) is 0 Å². The van der Waals surface area contributed by atoms with E-state index >= 15 is 0 Å². The van der Waals surface area contributed by atoms with E-state index in [1.54, 1.807) is 6.92 Å². The van der Waals surface area contributed by atoms with Crippen LogP contribution in [-0.2, 0) is 4.74 Å². The van der Waals surface area contributed by atoms with E-state index in [1.165, 1.54) is 31.9 Å². The van der Waals surface area contributed by atoms with E-state index in [0.717, 1.165) is 13.1 Å². The summed E-state index contributed by atoms with van der Waals surface area (Å²) in [5.74, 6) is -0.419. The maximum absolute atomic E-state index is 11.6. The number of oxazole rings is 1. The van der Waals surface area contributed by atoms with Crippen molar-refractivity contribution in [3.8, 4) is 0 Å². The van der Waals surface area contributed by atoms with Crippen LogP contribution in [0.5, 0.6) is 0 Å². The number of hydrogen-bond acceptors (Lipinski definition) is 6. The highest BCUT2D eigenvalue weighted by atomic mass is 16.5. The minimum atomic E-state index is -0.419. The summed E-state index contributed by atoms with van der Waals surface area (Å²) in [5, 5.41) is 3.49. The van der Waals surface area contributed by atoms with Crippen molar-refractivity contribution in [1.82, 2.24) is 10.3 Å². The normalized spacial score (nSPS) is 21.9. The van der Waals surface area contributed by atoms with Crippen LogP contribution in [0.1, 0.15) is 43.1 Å². The fourth-order valence-corrected chi connectivity index (χ4v) is 2.61. The molecule has 2 fully saturated rings. The van der Waals surface area contributed by atoms with Gasteiger partial charge in [0.25, 0.3) is 6.01 Å². The Labute approximate surface area is 118 Å². The smallest absolute Gasteiger partial charge is 0.360 e. The van der Waals surface area contributed by atoms with Crippen LogP contribution >= 0.6 is 0 Å². The molecule has 0 radical (unpaired) electrons. The molecule has 1 saturated carbocycles. The van der Waals surface area contributed by atoms with E-state index in [1.807, 2.05) is 0 Å². The van der Waals surface area contributed by atoms with Gasteiger partial charge in [-0.2, -0.15) is 4.98 Å². The highest BCUT2D eigenvalue weighted by Gasteiger charge is 2.34. The summed E-state index contributed by atoms with van der Waals surface area (Å²) in [6.07, 6.45) is 6.15. The van der Waals surface area contributed by atoms with E-state index in [9.17, 15) is 4.79 Å². The lowest BCUT2D eigenvalue weighted by Crippen LogP contribution is -2.39. The minimum absolute atomic E-state index is 0.256. The molecule has 0 spiro atoms. The fraction of sp³-hybridized carbons (Fsp3) is 0.714. The molecule has 0 amide bonds. The third kappa shape index (κ3) is 2.95. The number of nitrogens with one attached hydrogen (secondary N) is 1. The molecular weight excluding hydrogens is 258 g/mol. The van der Waals surface area contributed by atoms with Crippen molar-refractivity contribution in [1.29, 1.82) is 0 Å². The molecule has 3 rings (SSSR count). The van der Waals surface area contributed by atoms with Gasteiger partial charge < -0.3 is 19.4 Å². The van der Waals surface area contributed by atoms with Crippen molar-refractivity contribution in [2.24, 2.45) is 0 Å². The van der Waals surface area contributed by atoms with Crippen molar-refractivity contribution >= 4 is 12.0 Å². The van der Waals surface area contributed by atoms with E-state index in [2.05, 4.69) is 15.2 Å². The molecule has 6 heteroatoms. The van der Waals surface area contributed by atoms with Gasteiger partial charge >= 0.3 is 5.97 Å². The van der Waals surface area contributed by atoms with Gasteiger partial charge in [-0.15, -0.1) is 0 Å². The molecule has 1 unspecified atom stereocenters. The summed E-state index contributed by atoms with van der Waals surface area (Å²) >= 11 is 0. The predicted octanol–water partition coefficient (Wildman–Crippen LogP) is 1.57. The van der Waals surface area contributed by atoms with Crippen LogP contribution in [0.3, 0.4) is 0 Å². The molecule has 0 bridgehead atoms. The zero-order valence-electron chi connectivity index (χ0n) is 11.8. The van der Waals surface area contributed by atoms with Gasteiger partial charge in [0, 0.05) is 18.6 Å². The van der Waals surface area contributed by atoms with Gasteiger partial charge in [0.2, 0.25) is 0 Å². The van der Waals surface area contributed by atoms with E-state index in [0.29, 0.717) is 24.7 Å². The lowest BCUT2D eigenvalue weighted by atomic mass is 10.2. The molecule has 1 aromatic rings. The number of nitrogens with zero attached hydrogens (tertiary/aromatic N) is 2. The maximum atomic E-state index is 11.6. The van der Waals surface area contributed by atoms with Gasteiger partial charge in [-0.1, -0.05) is 0 Å². The lowest BCUT2D eigenvalue weighted by Gasteiger charge is -2.23. The van der Waals surface area contributed by atoms with Gasteiger partial charge in [-0.05, 0) is 39.2 Å². The maximum Gasteiger partial charge on any atom is 0.360 e. The van der Waals surface area contributed by atoms with Crippen molar-refractivity contribution in [2.75, 3.05) is 24.6 Å². The quantitative estimate of drug-likeness (QED) is 0.797. The molecule has 2 aliphatic rings. The monoisotopic (exact) mass is 279 g/mol. The van der Waals surface area contributed by atoms with Gasteiger partial charge in [0.05, 0.1) is 6.61 Å². The summed E-state index contributed by atoms with van der Waals surface area (Å²) in [5.41, 5.74) is 0.256. The molecule has 0 aromatic carbocycles. The Bertz CT molecular complexity index is 464. The van der Waals surface area contributed by atoms with Crippen LogP contribution in [0, 0.1) is 0 Å². The van der Waals surface area contributed by atoms with Gasteiger partial charge in [0.15, 0.2) is 5.69 Å². The summed E-state index contributed by atoms with van der Waals surface area (Å²) in [4.78, 5) is 18.1. The average Bonchev–Trinajstić information content (AvgIpc) is 2.95. The van der Waals surface area contributed by atoms with Crippen LogP contribution < -0.4 is 10.2 Å². The number of rotatable bonds is 6. The number of carbonyl (C=O) groups excluding carboxylic acids is 1. The second-order valence-electron chi connectivity index (χ2n) is 5.41. The molecule has 110 valence electrons. The summed E-state index contributed by atoms with van der Waals surface area (Å²) in [6.45, 7) is 4.11. The molecule has 1 aliphatic carbocycles. The number of ether oxygens (including phenoxy) is 1. The van der Waals surface area contributed by atoms with Crippen LogP contribution in [-0.4, -0.2) is 42.7 Å². The molecule has 1 aliphatic heterocycles. The predicted molar refractivity (Wildman–Crippen MR) is 73.9 cm³/mol. The van der Waals surface area contributed by atoms with Crippen molar-refractivity contribution < 1.29 is 13.9 Å². The highest BCUT2D eigenvalue weighted by Crippen LogP contribution is 2.32. The molecule has 1 saturated heterocycles. The molecule has 1 atom stereocenters. The average molecular weight is 279 g/mol. The number of anilines is 1. The second-order valence-corrected chi connectivity index (χ2v) is 5.41. The SMILES string of the molecule is CCOC(=O)c1coc(N(CC2CCCN2)C2CC2)n1.